The first-order valence-electron chi connectivity index (χ1n) is 32.8. The van der Waals surface area contributed by atoms with Gasteiger partial charge in [0.15, 0.2) is 0 Å². The number of carbonyl (C=O) groups excluding carboxylic acids is 5. The molecule has 0 heterocycles. The Labute approximate surface area is 566 Å². The molecular formula is C78H101N3O12Si2. The number of hydrogen-bond acceptors (Lipinski definition) is 11. The van der Waals surface area contributed by atoms with E-state index in [9.17, 15) is 33.9 Å². The zero-order valence-corrected chi connectivity index (χ0v) is 60.2. The molecule has 7 aromatic rings. The van der Waals surface area contributed by atoms with E-state index < -0.39 is 76.5 Å². The summed E-state index contributed by atoms with van der Waals surface area (Å²) in [6.45, 7) is 31.2. The maximum Gasteiger partial charge on any atom is 0.408 e. The van der Waals surface area contributed by atoms with Crippen molar-refractivity contribution in [1.82, 2.24) is 16.0 Å². The fourth-order valence-corrected chi connectivity index (χ4v) is 24.9. The first-order chi connectivity index (χ1) is 44.9. The number of carboxylic acids is 1. The third-order valence-electron chi connectivity index (χ3n) is 17.3. The topological polar surface area (TPSA) is 205 Å². The number of alkyl carbamates (subject to hydrolysis) is 1. The number of carbonyl (C=O) groups is 6. The summed E-state index contributed by atoms with van der Waals surface area (Å²) in [6.07, 6.45) is -1.03. The van der Waals surface area contributed by atoms with Gasteiger partial charge in [-0.15, -0.1) is 0 Å². The molecule has 7 aromatic carbocycles. The van der Waals surface area contributed by atoms with Crippen LogP contribution in [0.4, 0.5) is 14.4 Å². The van der Waals surface area contributed by atoms with Crippen LogP contribution in [0.1, 0.15) is 143 Å². The summed E-state index contributed by atoms with van der Waals surface area (Å²) >= 11 is 0. The Morgan fingerprint density at radius 1 is 0.358 bits per heavy atom. The first kappa shape index (κ1) is 76.9. The minimum Gasteiger partial charge on any atom is -0.502 e. The van der Waals surface area contributed by atoms with E-state index in [1.54, 1.807) is 20.8 Å². The van der Waals surface area contributed by atoms with Crippen LogP contribution in [0.2, 0.25) is 22.2 Å². The normalized spacial score (nSPS) is 12.7. The molecule has 7 rings (SSSR count). The average molecular weight is 1330 g/mol. The van der Waals surface area contributed by atoms with Gasteiger partial charge in [-0.25, -0.2) is 28.8 Å². The highest BCUT2D eigenvalue weighted by Crippen LogP contribution is 2.49. The summed E-state index contributed by atoms with van der Waals surface area (Å²) in [5.74, 6) is -2.06. The van der Waals surface area contributed by atoms with Crippen LogP contribution in [0.5, 0.6) is 0 Å². The molecule has 95 heavy (non-hydrogen) atoms. The highest BCUT2D eigenvalue weighted by Gasteiger charge is 2.59. The first-order valence-corrected chi connectivity index (χ1v) is 36.9. The molecule has 0 aliphatic carbocycles. The number of carboxylic acid groups (broad SMARTS) is 1. The number of nitrogens with one attached hydrogen (secondary N) is 3. The van der Waals surface area contributed by atoms with Crippen LogP contribution < -0.4 is 16.0 Å². The largest absolute Gasteiger partial charge is 0.502 e. The minimum absolute atomic E-state index is 0.130. The van der Waals surface area contributed by atoms with Crippen LogP contribution in [-0.2, 0) is 80.0 Å². The van der Waals surface area contributed by atoms with E-state index in [0.717, 1.165) is 38.9 Å². The monoisotopic (exact) mass is 1330 g/mol. The third-order valence-corrected chi connectivity index (χ3v) is 29.7. The lowest BCUT2D eigenvalue weighted by molar-refractivity contribution is -0.148. The van der Waals surface area contributed by atoms with Gasteiger partial charge in [-0.3, -0.25) is 0 Å². The third kappa shape index (κ3) is 22.4. The summed E-state index contributed by atoms with van der Waals surface area (Å²) in [5.41, 5.74) is 6.63. The lowest BCUT2D eigenvalue weighted by Crippen LogP contribution is -2.62. The predicted octanol–water partition coefficient (Wildman–Crippen LogP) is 16.9. The molecule has 0 spiro atoms. The summed E-state index contributed by atoms with van der Waals surface area (Å²) in [6, 6.07) is 64.9. The quantitative estimate of drug-likeness (QED) is 0.0227. The van der Waals surface area contributed by atoms with Crippen molar-refractivity contribution >= 4 is 52.8 Å². The average Bonchev–Trinajstić information content (AvgIpc) is 0.753. The van der Waals surface area contributed by atoms with Crippen molar-refractivity contribution in [2.75, 3.05) is 0 Å². The van der Waals surface area contributed by atoms with Gasteiger partial charge in [0.05, 0.1) is 0 Å². The van der Waals surface area contributed by atoms with Gasteiger partial charge < -0.3 is 44.1 Å². The van der Waals surface area contributed by atoms with Crippen LogP contribution in [-0.4, -0.2) is 81.7 Å². The van der Waals surface area contributed by atoms with Crippen molar-refractivity contribution < 1.29 is 56.9 Å². The molecule has 0 aliphatic heterocycles. The minimum atomic E-state index is -2.81. The summed E-state index contributed by atoms with van der Waals surface area (Å²) in [7, 11) is -5.59. The van der Waals surface area contributed by atoms with Gasteiger partial charge in [-0.05, 0) is 81.9 Å². The van der Waals surface area contributed by atoms with Crippen molar-refractivity contribution in [2.45, 2.75) is 192 Å². The molecule has 0 unspecified atom stereocenters. The number of ether oxygens (including phenoxy) is 3. The Morgan fingerprint density at radius 3 is 0.863 bits per heavy atom. The fraction of sp³-hybridized carbons (Fsp3) is 0.385. The van der Waals surface area contributed by atoms with Crippen LogP contribution >= 0.6 is 0 Å². The molecule has 17 heteroatoms. The van der Waals surface area contributed by atoms with Crippen LogP contribution in [0.3, 0.4) is 0 Å². The van der Waals surface area contributed by atoms with E-state index in [2.05, 4.69) is 123 Å². The predicted molar refractivity (Wildman–Crippen MR) is 381 cm³/mol. The number of rotatable bonds is 26. The molecule has 0 aromatic heterocycles. The number of benzene rings is 7. The molecule has 0 saturated carbocycles. The SMILES string of the molecule is CC(C)(C)OC(=O)N[C@@H](Cc1ccccc1)C(=O)OCc1ccccc1.CC(C)[Si](OC(=O)N[C@@H](Cc1ccccc1)C(=O)O)(C(C)C)C(C)(C)c1ccccc1.CC(C)[Si](OC(=O)N[C@@H](Cc1ccccc1)C(=O)OCc1ccccc1)(C(C)C)C(C)(C)c1ccccc1. The number of amides is 3. The Bertz CT molecular complexity index is 3450. The highest BCUT2D eigenvalue weighted by atomic mass is 28.4. The lowest BCUT2D eigenvalue weighted by Gasteiger charge is -2.49. The van der Waals surface area contributed by atoms with Crippen LogP contribution in [0.25, 0.3) is 0 Å². The van der Waals surface area contributed by atoms with Gasteiger partial charge in [0.1, 0.15) is 36.9 Å². The number of esters is 2. The lowest BCUT2D eigenvalue weighted by atomic mass is 10.0. The molecule has 3 amide bonds. The zero-order chi connectivity index (χ0) is 70.0. The molecule has 4 N–H and O–H groups in total. The maximum atomic E-state index is 13.6. The van der Waals surface area contributed by atoms with E-state index >= 15 is 0 Å². The molecule has 0 aliphatic rings. The highest BCUT2D eigenvalue weighted by molar-refractivity contribution is 6.81. The van der Waals surface area contributed by atoms with E-state index in [-0.39, 0.29) is 51.9 Å². The standard InChI is InChI=1S/C32H41NO4Si.C25H35NO4Si.C21H25NO4/c1-24(2)38(25(3)4,32(5,6)28-20-14-9-15-21-28)37-31(35)33-29(22-26-16-10-7-11-17-26)30(34)36-23-27-18-12-8-13-19-27;1-18(2)31(19(3)4,25(5,6)21-15-11-8-12-16-21)30-24(29)26-22(23(27)28)17-20-13-9-7-10-14-20;1-21(2,3)26-20(24)22-18(14-16-10-6-4-7-11-16)19(23)25-15-17-12-8-5-9-13-17/h7-21,24-25,29H,22-23H2,1-6H3,(H,33,35);7-16,18-19,22H,17H2,1-6H3,(H,26,29)(H,27,28);4-13,18H,14-15H2,1-3H3,(H,22,24)/t29-;22-;18-/m000/s1. The van der Waals surface area contributed by atoms with Gasteiger partial charge in [0.2, 0.25) is 0 Å². The Morgan fingerprint density at radius 2 is 0.600 bits per heavy atom. The van der Waals surface area contributed by atoms with Crippen LogP contribution in [0.15, 0.2) is 212 Å². The van der Waals surface area contributed by atoms with Crippen molar-refractivity contribution in [1.29, 1.82) is 0 Å². The summed E-state index contributed by atoms with van der Waals surface area (Å²) in [4.78, 5) is 76.4. The van der Waals surface area contributed by atoms with Crippen molar-refractivity contribution in [3.8, 4) is 0 Å². The number of hydrogen-bond donors (Lipinski definition) is 4. The second kappa shape index (κ2) is 36.2. The van der Waals surface area contributed by atoms with E-state index in [4.69, 9.17) is 23.1 Å². The van der Waals surface area contributed by atoms with Gasteiger partial charge in [-0.1, -0.05) is 295 Å². The van der Waals surface area contributed by atoms with Crippen molar-refractivity contribution in [2.24, 2.45) is 0 Å². The van der Waals surface area contributed by atoms with Gasteiger partial charge in [0.25, 0.3) is 16.6 Å². The molecule has 0 fully saturated rings. The Hall–Kier alpha value is -8.81. The molecule has 0 bridgehead atoms. The Kier molecular flexibility index (Phi) is 29.3. The van der Waals surface area contributed by atoms with Crippen LogP contribution in [0, 0.1) is 0 Å². The van der Waals surface area contributed by atoms with E-state index in [1.165, 1.54) is 0 Å². The summed E-state index contributed by atoms with van der Waals surface area (Å²) < 4.78 is 29.1. The molecule has 508 valence electrons. The summed E-state index contributed by atoms with van der Waals surface area (Å²) in [5, 5.41) is 17.1. The van der Waals surface area contributed by atoms with Gasteiger partial charge in [-0.2, -0.15) is 0 Å². The fourth-order valence-electron chi connectivity index (χ4n) is 13.0. The Balaban J connectivity index is 0.000000263. The van der Waals surface area contributed by atoms with E-state index in [1.807, 2.05) is 188 Å². The van der Waals surface area contributed by atoms with Crippen molar-refractivity contribution in [3.05, 3.63) is 251 Å². The molecule has 0 radical (unpaired) electrons. The van der Waals surface area contributed by atoms with Gasteiger partial charge in [0, 0.05) is 29.3 Å². The second-order valence-electron chi connectivity index (χ2n) is 27.2. The zero-order valence-electron chi connectivity index (χ0n) is 58.2. The number of aliphatic carboxylic acids is 1. The maximum absolute atomic E-state index is 13.6. The molecular weight excluding hydrogens is 1230 g/mol. The second-order valence-corrected chi connectivity index (χ2v) is 37.9. The van der Waals surface area contributed by atoms with Gasteiger partial charge >= 0.3 is 36.2 Å². The van der Waals surface area contributed by atoms with Crippen molar-refractivity contribution in [3.63, 3.8) is 0 Å². The smallest absolute Gasteiger partial charge is 0.408 e. The molecule has 0 saturated heterocycles. The van der Waals surface area contributed by atoms with E-state index in [0.29, 0.717) is 12.8 Å². The molecule has 15 nitrogen and oxygen atoms in total. The molecule has 3 atom stereocenters.